The van der Waals surface area contributed by atoms with Crippen LogP contribution in [0.3, 0.4) is 0 Å². The molecule has 1 aliphatic rings. The fourth-order valence-electron chi connectivity index (χ4n) is 3.29. The van der Waals surface area contributed by atoms with Crippen molar-refractivity contribution >= 4 is 29.0 Å². The first-order valence-electron chi connectivity index (χ1n) is 9.13. The van der Waals surface area contributed by atoms with E-state index in [0.29, 0.717) is 32.8 Å². The number of nitro benzene ring substituents is 1. The van der Waals surface area contributed by atoms with E-state index < -0.39 is 4.92 Å². The van der Waals surface area contributed by atoms with Gasteiger partial charge in [0.05, 0.1) is 17.2 Å². The Kier molecular flexibility index (Phi) is 6.41. The number of rotatable bonds is 6. The molecule has 0 radical (unpaired) electrons. The van der Waals surface area contributed by atoms with Crippen LogP contribution in [0.1, 0.15) is 17.3 Å². The summed E-state index contributed by atoms with van der Waals surface area (Å²) in [5.41, 5.74) is 1.01. The van der Waals surface area contributed by atoms with Crippen LogP contribution in [0.2, 0.25) is 0 Å². The second kappa shape index (κ2) is 8.97. The third-order valence-electron chi connectivity index (χ3n) is 4.70. The molecule has 1 amide bonds. The number of para-hydroxylation sites is 2. The Morgan fingerprint density at radius 3 is 2.54 bits per heavy atom. The molecule has 0 bridgehead atoms. The van der Waals surface area contributed by atoms with E-state index in [1.54, 1.807) is 17.0 Å². The topological polar surface area (TPSA) is 75.9 Å². The number of carbonyl (C=O) groups is 1. The molecule has 1 heterocycles. The Hall–Kier alpha value is -2.74. The van der Waals surface area contributed by atoms with Crippen molar-refractivity contribution in [2.45, 2.75) is 11.8 Å². The average molecular weight is 401 g/mol. The highest BCUT2D eigenvalue weighted by Gasteiger charge is 2.28. The maximum Gasteiger partial charge on any atom is 0.282 e. The van der Waals surface area contributed by atoms with Gasteiger partial charge in [-0.25, -0.2) is 0 Å². The molecule has 2 aromatic carbocycles. The highest BCUT2D eigenvalue weighted by atomic mass is 32.2. The SMILES string of the molecule is CCOc1ccccc1N1CCN(C(=O)c2cc(SC)ccc2[N+](=O)[O-])CC1. The van der Waals surface area contributed by atoms with Gasteiger partial charge in [0.2, 0.25) is 0 Å². The number of benzene rings is 2. The molecule has 0 spiro atoms. The van der Waals surface area contributed by atoms with Gasteiger partial charge in [-0.15, -0.1) is 11.8 Å². The molecule has 8 heteroatoms. The summed E-state index contributed by atoms with van der Waals surface area (Å²) in [7, 11) is 0. The first-order valence-corrected chi connectivity index (χ1v) is 10.4. The number of nitrogens with zero attached hydrogens (tertiary/aromatic N) is 3. The van der Waals surface area contributed by atoms with Crippen LogP contribution < -0.4 is 9.64 Å². The first-order chi connectivity index (χ1) is 13.5. The van der Waals surface area contributed by atoms with Crippen molar-refractivity contribution in [3.63, 3.8) is 0 Å². The second-order valence-corrected chi connectivity index (χ2v) is 7.20. The Morgan fingerprint density at radius 1 is 1.18 bits per heavy atom. The van der Waals surface area contributed by atoms with E-state index in [0.717, 1.165) is 16.3 Å². The molecule has 3 rings (SSSR count). The van der Waals surface area contributed by atoms with Gasteiger partial charge >= 0.3 is 0 Å². The Balaban J connectivity index is 1.75. The van der Waals surface area contributed by atoms with E-state index in [9.17, 15) is 14.9 Å². The summed E-state index contributed by atoms with van der Waals surface area (Å²) in [6.07, 6.45) is 1.88. The summed E-state index contributed by atoms with van der Waals surface area (Å²) in [6, 6.07) is 12.5. The summed E-state index contributed by atoms with van der Waals surface area (Å²) >= 11 is 1.46. The lowest BCUT2D eigenvalue weighted by atomic mass is 10.1. The number of amides is 1. The first kappa shape index (κ1) is 20.0. The molecule has 1 aliphatic heterocycles. The predicted molar refractivity (Wildman–Crippen MR) is 111 cm³/mol. The Bertz CT molecular complexity index is 866. The van der Waals surface area contributed by atoms with Crippen LogP contribution in [0, 0.1) is 10.1 Å². The monoisotopic (exact) mass is 401 g/mol. The molecule has 1 saturated heterocycles. The molecule has 0 unspecified atom stereocenters. The van der Waals surface area contributed by atoms with Crippen molar-refractivity contribution in [2.75, 3.05) is 43.9 Å². The molecule has 0 saturated carbocycles. The quantitative estimate of drug-likeness (QED) is 0.418. The van der Waals surface area contributed by atoms with E-state index in [1.165, 1.54) is 17.8 Å². The number of anilines is 1. The smallest absolute Gasteiger partial charge is 0.282 e. The summed E-state index contributed by atoms with van der Waals surface area (Å²) in [5.74, 6) is 0.536. The lowest BCUT2D eigenvalue weighted by molar-refractivity contribution is -0.385. The van der Waals surface area contributed by atoms with Crippen LogP contribution in [0.5, 0.6) is 5.75 Å². The molecule has 0 N–H and O–H groups in total. The number of hydrogen-bond donors (Lipinski definition) is 0. The summed E-state index contributed by atoms with van der Waals surface area (Å²) in [5, 5.41) is 11.4. The normalized spacial score (nSPS) is 14.1. The van der Waals surface area contributed by atoms with Gasteiger partial charge in [-0.2, -0.15) is 0 Å². The number of thioether (sulfide) groups is 1. The molecular formula is C20H23N3O4S. The van der Waals surface area contributed by atoms with Crippen LogP contribution in [0.4, 0.5) is 11.4 Å². The van der Waals surface area contributed by atoms with Gasteiger partial charge in [-0.3, -0.25) is 14.9 Å². The zero-order valence-electron chi connectivity index (χ0n) is 16.0. The van der Waals surface area contributed by atoms with Crippen LogP contribution in [0.25, 0.3) is 0 Å². The van der Waals surface area contributed by atoms with Crippen molar-refractivity contribution < 1.29 is 14.5 Å². The maximum absolute atomic E-state index is 13.0. The van der Waals surface area contributed by atoms with Gasteiger partial charge in [0.25, 0.3) is 11.6 Å². The minimum absolute atomic E-state index is 0.146. The van der Waals surface area contributed by atoms with Crippen LogP contribution in [-0.2, 0) is 0 Å². The van der Waals surface area contributed by atoms with E-state index in [1.807, 2.05) is 37.4 Å². The van der Waals surface area contributed by atoms with Crippen molar-refractivity contribution in [3.8, 4) is 5.75 Å². The summed E-state index contributed by atoms with van der Waals surface area (Å²) in [6.45, 7) is 4.82. The van der Waals surface area contributed by atoms with Crippen molar-refractivity contribution in [1.82, 2.24) is 4.90 Å². The standard InChI is InChI=1S/C20H23N3O4S/c1-3-27-19-7-5-4-6-18(19)21-10-12-22(13-11-21)20(24)16-14-15(28-2)8-9-17(16)23(25)26/h4-9,14H,3,10-13H2,1-2H3. The molecule has 28 heavy (non-hydrogen) atoms. The fraction of sp³-hybridized carbons (Fsp3) is 0.350. The number of hydrogen-bond acceptors (Lipinski definition) is 6. The maximum atomic E-state index is 13.0. The Labute approximate surface area is 168 Å². The van der Waals surface area contributed by atoms with Crippen LogP contribution in [0.15, 0.2) is 47.4 Å². The fourth-order valence-corrected chi connectivity index (χ4v) is 3.73. The summed E-state index contributed by atoms with van der Waals surface area (Å²) in [4.78, 5) is 28.5. The highest BCUT2D eigenvalue weighted by Crippen LogP contribution is 2.30. The van der Waals surface area contributed by atoms with Crippen LogP contribution >= 0.6 is 11.8 Å². The number of ether oxygens (including phenoxy) is 1. The zero-order valence-corrected chi connectivity index (χ0v) is 16.8. The predicted octanol–water partition coefficient (Wildman–Crippen LogP) is 3.68. The van der Waals surface area contributed by atoms with Gasteiger partial charge in [0.15, 0.2) is 0 Å². The number of nitro groups is 1. The van der Waals surface area contributed by atoms with E-state index >= 15 is 0 Å². The average Bonchev–Trinajstić information content (AvgIpc) is 2.73. The summed E-state index contributed by atoms with van der Waals surface area (Å²) < 4.78 is 5.70. The van der Waals surface area contributed by atoms with Gasteiger partial charge in [0.1, 0.15) is 11.3 Å². The van der Waals surface area contributed by atoms with Gasteiger partial charge in [-0.05, 0) is 37.4 Å². The molecule has 1 fully saturated rings. The van der Waals surface area contributed by atoms with Crippen molar-refractivity contribution in [1.29, 1.82) is 0 Å². The molecular weight excluding hydrogens is 378 g/mol. The minimum Gasteiger partial charge on any atom is -0.492 e. The highest BCUT2D eigenvalue weighted by molar-refractivity contribution is 7.98. The molecule has 0 aromatic heterocycles. The third kappa shape index (κ3) is 4.22. The molecule has 2 aromatic rings. The van der Waals surface area contributed by atoms with Crippen molar-refractivity contribution in [3.05, 3.63) is 58.1 Å². The number of carbonyl (C=O) groups excluding carboxylic acids is 1. The lowest BCUT2D eigenvalue weighted by Gasteiger charge is -2.36. The number of piperazine rings is 1. The molecule has 148 valence electrons. The molecule has 7 nitrogen and oxygen atoms in total. The zero-order chi connectivity index (χ0) is 20.1. The Morgan fingerprint density at radius 2 is 1.89 bits per heavy atom. The second-order valence-electron chi connectivity index (χ2n) is 6.32. The van der Waals surface area contributed by atoms with Gasteiger partial charge in [0, 0.05) is 37.1 Å². The third-order valence-corrected chi connectivity index (χ3v) is 5.43. The molecule has 0 atom stereocenters. The van der Waals surface area contributed by atoms with Crippen LogP contribution in [-0.4, -0.2) is 54.8 Å². The van der Waals surface area contributed by atoms with Gasteiger partial charge < -0.3 is 14.5 Å². The van der Waals surface area contributed by atoms with E-state index in [2.05, 4.69) is 4.90 Å². The van der Waals surface area contributed by atoms with Gasteiger partial charge in [-0.1, -0.05) is 12.1 Å². The van der Waals surface area contributed by atoms with Crippen molar-refractivity contribution in [2.24, 2.45) is 0 Å². The minimum atomic E-state index is -0.494. The lowest BCUT2D eigenvalue weighted by Crippen LogP contribution is -2.49. The molecule has 0 aliphatic carbocycles. The largest absolute Gasteiger partial charge is 0.492 e. The van der Waals surface area contributed by atoms with E-state index in [-0.39, 0.29) is 17.2 Å². The van der Waals surface area contributed by atoms with E-state index in [4.69, 9.17) is 4.74 Å².